The lowest BCUT2D eigenvalue weighted by atomic mass is 10.2. The lowest BCUT2D eigenvalue weighted by molar-refractivity contribution is 0.0342. The van der Waals surface area contributed by atoms with Gasteiger partial charge in [-0.1, -0.05) is 34.1 Å². The van der Waals surface area contributed by atoms with Crippen molar-refractivity contribution in [2.45, 2.75) is 18.4 Å². The maximum atomic E-state index is 12.6. The quantitative estimate of drug-likeness (QED) is 0.798. The average molecular weight is 425 g/mol. The largest absolute Gasteiger partial charge is 0.379 e. The second-order valence-corrected chi connectivity index (χ2v) is 8.67. The Bertz CT molecular complexity index is 832. The highest BCUT2D eigenvalue weighted by Gasteiger charge is 2.17. The van der Waals surface area contributed by atoms with Crippen LogP contribution in [0.25, 0.3) is 0 Å². The van der Waals surface area contributed by atoms with Gasteiger partial charge in [0, 0.05) is 29.8 Å². The minimum atomic E-state index is -3.61. The molecular weight excluding hydrogens is 404 g/mol. The first-order valence-electron chi connectivity index (χ1n) is 8.12. The molecule has 5 nitrogen and oxygen atoms in total. The van der Waals surface area contributed by atoms with Crippen LogP contribution in [0.15, 0.2) is 51.8 Å². The van der Waals surface area contributed by atoms with Gasteiger partial charge in [-0.2, -0.15) is 0 Å². The monoisotopic (exact) mass is 424 g/mol. The maximum Gasteiger partial charge on any atom is 0.262 e. The zero-order chi connectivity index (χ0) is 17.9. The predicted octanol–water partition coefficient (Wildman–Crippen LogP) is 3.39. The van der Waals surface area contributed by atoms with Gasteiger partial charge in [0.25, 0.3) is 10.0 Å². The smallest absolute Gasteiger partial charge is 0.262 e. The first kappa shape index (κ1) is 18.4. The van der Waals surface area contributed by atoms with Gasteiger partial charge in [0.05, 0.1) is 18.1 Å². The van der Waals surface area contributed by atoms with Crippen LogP contribution in [0.1, 0.15) is 11.1 Å². The molecule has 3 rings (SSSR count). The molecule has 1 saturated heterocycles. The topological polar surface area (TPSA) is 58.6 Å². The molecule has 134 valence electrons. The number of halogens is 1. The molecule has 2 aromatic carbocycles. The summed E-state index contributed by atoms with van der Waals surface area (Å²) in [6.45, 7) is 6.02. The van der Waals surface area contributed by atoms with Crippen LogP contribution in [-0.4, -0.2) is 39.6 Å². The summed E-state index contributed by atoms with van der Waals surface area (Å²) in [7, 11) is -3.61. The van der Waals surface area contributed by atoms with Crippen LogP contribution in [0.5, 0.6) is 0 Å². The standard InChI is InChI=1S/C18H21BrN2O3S/c1-14-2-5-16(19)12-18(14)25(22,23)20-17-6-3-15(4-7-17)13-21-8-10-24-11-9-21/h2-7,12,20H,8-11,13H2,1H3. The molecule has 0 bridgehead atoms. The minimum Gasteiger partial charge on any atom is -0.379 e. The van der Waals surface area contributed by atoms with Crippen molar-refractivity contribution >= 4 is 31.6 Å². The van der Waals surface area contributed by atoms with Crippen molar-refractivity contribution in [3.63, 3.8) is 0 Å². The molecule has 0 aliphatic carbocycles. The minimum absolute atomic E-state index is 0.277. The van der Waals surface area contributed by atoms with Gasteiger partial charge >= 0.3 is 0 Å². The molecule has 7 heteroatoms. The fourth-order valence-electron chi connectivity index (χ4n) is 2.77. The van der Waals surface area contributed by atoms with Gasteiger partial charge in [-0.05, 0) is 42.3 Å². The van der Waals surface area contributed by atoms with Crippen molar-refractivity contribution in [3.8, 4) is 0 Å². The third-order valence-corrected chi connectivity index (χ3v) is 6.17. The summed E-state index contributed by atoms with van der Waals surface area (Å²) in [5.74, 6) is 0. The van der Waals surface area contributed by atoms with E-state index in [1.165, 1.54) is 0 Å². The SMILES string of the molecule is Cc1ccc(Br)cc1S(=O)(=O)Nc1ccc(CN2CCOCC2)cc1. The van der Waals surface area contributed by atoms with Crippen LogP contribution < -0.4 is 4.72 Å². The van der Waals surface area contributed by atoms with E-state index in [4.69, 9.17) is 4.74 Å². The van der Waals surface area contributed by atoms with Crippen LogP contribution in [0.4, 0.5) is 5.69 Å². The lowest BCUT2D eigenvalue weighted by Crippen LogP contribution is -2.35. The Kier molecular flexibility index (Phi) is 5.78. The Hall–Kier alpha value is -1.41. The Balaban J connectivity index is 1.71. The number of hydrogen-bond acceptors (Lipinski definition) is 4. The van der Waals surface area contributed by atoms with E-state index in [-0.39, 0.29) is 4.90 Å². The Morgan fingerprint density at radius 1 is 1.12 bits per heavy atom. The number of aryl methyl sites for hydroxylation is 1. The van der Waals surface area contributed by atoms with E-state index in [9.17, 15) is 8.42 Å². The number of sulfonamides is 1. The first-order valence-corrected chi connectivity index (χ1v) is 10.4. The number of rotatable bonds is 5. The Labute approximate surface area is 157 Å². The Morgan fingerprint density at radius 2 is 1.80 bits per heavy atom. The molecule has 25 heavy (non-hydrogen) atoms. The lowest BCUT2D eigenvalue weighted by Gasteiger charge is -2.26. The summed E-state index contributed by atoms with van der Waals surface area (Å²) in [6.07, 6.45) is 0. The average Bonchev–Trinajstić information content (AvgIpc) is 2.59. The van der Waals surface area contributed by atoms with Crippen LogP contribution in [0.3, 0.4) is 0 Å². The normalized spacial score (nSPS) is 15.9. The molecule has 1 fully saturated rings. The van der Waals surface area contributed by atoms with E-state index in [2.05, 4.69) is 25.6 Å². The fourth-order valence-corrected chi connectivity index (χ4v) is 4.61. The summed E-state index contributed by atoms with van der Waals surface area (Å²) in [5.41, 5.74) is 2.42. The highest BCUT2D eigenvalue weighted by molar-refractivity contribution is 9.10. The molecule has 0 unspecified atom stereocenters. The Morgan fingerprint density at radius 3 is 2.48 bits per heavy atom. The number of nitrogens with zero attached hydrogens (tertiary/aromatic N) is 1. The van der Waals surface area contributed by atoms with Gasteiger partial charge in [-0.25, -0.2) is 8.42 Å². The van der Waals surface area contributed by atoms with E-state index in [0.717, 1.165) is 42.9 Å². The first-order chi connectivity index (χ1) is 11.9. The van der Waals surface area contributed by atoms with Gasteiger partial charge in [-0.3, -0.25) is 9.62 Å². The molecule has 0 amide bonds. The van der Waals surface area contributed by atoms with Crippen molar-refractivity contribution in [2.75, 3.05) is 31.0 Å². The highest BCUT2D eigenvalue weighted by atomic mass is 79.9. The van der Waals surface area contributed by atoms with Crippen molar-refractivity contribution in [2.24, 2.45) is 0 Å². The van der Waals surface area contributed by atoms with E-state index < -0.39 is 10.0 Å². The molecule has 2 aromatic rings. The zero-order valence-corrected chi connectivity index (χ0v) is 16.4. The third-order valence-electron chi connectivity index (χ3n) is 4.16. The van der Waals surface area contributed by atoms with Gasteiger partial charge in [0.1, 0.15) is 0 Å². The van der Waals surface area contributed by atoms with E-state index in [0.29, 0.717) is 11.3 Å². The van der Waals surface area contributed by atoms with Crippen LogP contribution >= 0.6 is 15.9 Å². The summed E-state index contributed by atoms with van der Waals surface area (Å²) in [5, 5.41) is 0. The van der Waals surface area contributed by atoms with Gasteiger partial charge in [0.15, 0.2) is 0 Å². The summed E-state index contributed by atoms with van der Waals surface area (Å²) in [4.78, 5) is 2.60. The molecule has 1 N–H and O–H groups in total. The second-order valence-electron chi connectivity index (χ2n) is 6.10. The molecule has 1 heterocycles. The van der Waals surface area contributed by atoms with Crippen molar-refractivity contribution in [1.29, 1.82) is 0 Å². The second kappa shape index (κ2) is 7.86. The van der Waals surface area contributed by atoms with Crippen molar-refractivity contribution < 1.29 is 13.2 Å². The molecule has 0 atom stereocenters. The number of nitrogens with one attached hydrogen (secondary N) is 1. The van der Waals surface area contributed by atoms with E-state index in [1.54, 1.807) is 31.2 Å². The number of hydrogen-bond donors (Lipinski definition) is 1. The highest BCUT2D eigenvalue weighted by Crippen LogP contribution is 2.23. The van der Waals surface area contributed by atoms with Gasteiger partial charge in [0.2, 0.25) is 0 Å². The van der Waals surface area contributed by atoms with Gasteiger partial charge < -0.3 is 4.74 Å². The van der Waals surface area contributed by atoms with Crippen molar-refractivity contribution in [1.82, 2.24) is 4.90 Å². The van der Waals surface area contributed by atoms with E-state index in [1.807, 2.05) is 18.2 Å². The molecule has 1 aliphatic rings. The maximum absolute atomic E-state index is 12.6. The molecular formula is C18H21BrN2O3S. The number of morpholine rings is 1. The number of ether oxygens (including phenoxy) is 1. The van der Waals surface area contributed by atoms with Crippen LogP contribution in [-0.2, 0) is 21.3 Å². The summed E-state index contributed by atoms with van der Waals surface area (Å²) >= 11 is 3.33. The molecule has 0 aromatic heterocycles. The number of anilines is 1. The molecule has 0 saturated carbocycles. The van der Waals surface area contributed by atoms with E-state index >= 15 is 0 Å². The number of benzene rings is 2. The summed E-state index contributed by atoms with van der Waals surface area (Å²) < 4.78 is 34.0. The van der Waals surface area contributed by atoms with Gasteiger partial charge in [-0.15, -0.1) is 0 Å². The molecule has 0 radical (unpaired) electrons. The van der Waals surface area contributed by atoms with Crippen molar-refractivity contribution in [3.05, 3.63) is 58.1 Å². The molecule has 1 aliphatic heterocycles. The van der Waals surface area contributed by atoms with Crippen LogP contribution in [0, 0.1) is 6.92 Å². The predicted molar refractivity (Wildman–Crippen MR) is 102 cm³/mol. The third kappa shape index (κ3) is 4.82. The fraction of sp³-hybridized carbons (Fsp3) is 0.333. The van der Waals surface area contributed by atoms with Crippen LogP contribution in [0.2, 0.25) is 0 Å². The molecule has 0 spiro atoms. The summed E-state index contributed by atoms with van der Waals surface area (Å²) in [6, 6.07) is 12.8. The zero-order valence-electron chi connectivity index (χ0n) is 14.0.